The molecule has 0 fully saturated rings. The summed E-state index contributed by atoms with van der Waals surface area (Å²) in [4.78, 5) is 14.3. The first kappa shape index (κ1) is 20.4. The van der Waals surface area contributed by atoms with Gasteiger partial charge in [-0.2, -0.15) is 4.31 Å². The first-order valence-corrected chi connectivity index (χ1v) is 9.35. The summed E-state index contributed by atoms with van der Waals surface area (Å²) in [5, 5.41) is 2.97. The van der Waals surface area contributed by atoms with Crippen LogP contribution in [0, 0.1) is 0 Å². The van der Waals surface area contributed by atoms with Gasteiger partial charge in [-0.25, -0.2) is 8.42 Å². The van der Waals surface area contributed by atoms with E-state index in [1.807, 2.05) is 0 Å². The molecule has 7 nitrogen and oxygen atoms in total. The molecule has 0 aliphatic rings. The van der Waals surface area contributed by atoms with Crippen LogP contribution in [0.15, 0.2) is 23.1 Å². The number of nitrogens with zero attached hydrogens (tertiary/aromatic N) is 2. The highest BCUT2D eigenvalue weighted by atomic mass is 32.2. The quantitative estimate of drug-likeness (QED) is 0.714. The number of benzene rings is 1. The highest BCUT2D eigenvalue weighted by Gasteiger charge is 2.25. The van der Waals surface area contributed by atoms with Crippen LogP contribution >= 0.6 is 0 Å². The Hall–Kier alpha value is -1.64. The molecule has 1 aromatic carbocycles. The van der Waals surface area contributed by atoms with Crippen molar-refractivity contribution in [2.45, 2.75) is 18.7 Å². The molecule has 0 saturated carbocycles. The first-order chi connectivity index (χ1) is 11.3. The maximum absolute atomic E-state index is 12.7. The molecule has 0 aromatic heterocycles. The van der Waals surface area contributed by atoms with Crippen LogP contribution in [0.4, 0.5) is 0 Å². The van der Waals surface area contributed by atoms with E-state index in [-0.39, 0.29) is 16.4 Å². The van der Waals surface area contributed by atoms with Crippen LogP contribution < -0.4 is 10.1 Å². The van der Waals surface area contributed by atoms with E-state index in [2.05, 4.69) is 5.32 Å². The summed E-state index contributed by atoms with van der Waals surface area (Å²) in [5.41, 5.74) is 0.240. The minimum Gasteiger partial charge on any atom is -0.496 e. The summed E-state index contributed by atoms with van der Waals surface area (Å²) >= 11 is 0. The number of carbonyl (C=O) groups is 1. The molecule has 0 bridgehead atoms. The van der Waals surface area contributed by atoms with Crippen LogP contribution in [-0.4, -0.2) is 70.9 Å². The van der Waals surface area contributed by atoms with Gasteiger partial charge in [-0.15, -0.1) is 0 Å². The van der Waals surface area contributed by atoms with Gasteiger partial charge in [0.05, 0.1) is 17.6 Å². The lowest BCUT2D eigenvalue weighted by Crippen LogP contribution is -2.33. The third kappa shape index (κ3) is 4.46. The molecule has 0 aliphatic carbocycles. The van der Waals surface area contributed by atoms with Gasteiger partial charge in [0.15, 0.2) is 0 Å². The molecule has 0 heterocycles. The highest BCUT2D eigenvalue weighted by Crippen LogP contribution is 2.25. The van der Waals surface area contributed by atoms with Crippen molar-refractivity contribution in [1.29, 1.82) is 0 Å². The predicted molar refractivity (Wildman–Crippen MR) is 94.0 cm³/mol. The van der Waals surface area contributed by atoms with E-state index in [1.165, 1.54) is 34.5 Å². The third-order valence-corrected chi connectivity index (χ3v) is 5.83. The van der Waals surface area contributed by atoms with E-state index < -0.39 is 10.0 Å². The lowest BCUT2D eigenvalue weighted by atomic mass is 10.1. The van der Waals surface area contributed by atoms with Gasteiger partial charge in [0, 0.05) is 33.2 Å². The van der Waals surface area contributed by atoms with E-state index >= 15 is 0 Å². The summed E-state index contributed by atoms with van der Waals surface area (Å²) in [6.45, 7) is 5.45. The van der Waals surface area contributed by atoms with Gasteiger partial charge in [0.1, 0.15) is 5.75 Å². The zero-order valence-corrected chi connectivity index (χ0v) is 15.8. The average Bonchev–Trinajstić information content (AvgIpc) is 2.59. The van der Waals surface area contributed by atoms with Gasteiger partial charge >= 0.3 is 0 Å². The molecule has 0 unspecified atom stereocenters. The standard InChI is InChI=1S/C16H27N3O4S/c1-6-19(7-2)24(21,22)13-8-9-15(23-5)14(12-13)16(20)18(4)11-10-17-3/h8-9,12,17H,6-7,10-11H2,1-5H3. The number of hydrogen-bond donors (Lipinski definition) is 1. The largest absolute Gasteiger partial charge is 0.496 e. The molecule has 1 rings (SSSR count). The van der Waals surface area contributed by atoms with Gasteiger partial charge in [-0.3, -0.25) is 4.79 Å². The Kier molecular flexibility index (Phi) is 7.65. The maximum atomic E-state index is 12.7. The van der Waals surface area contributed by atoms with Crippen molar-refractivity contribution in [3.05, 3.63) is 23.8 Å². The summed E-state index contributed by atoms with van der Waals surface area (Å²) in [6.07, 6.45) is 0. The fraction of sp³-hybridized carbons (Fsp3) is 0.562. The van der Waals surface area contributed by atoms with Crippen LogP contribution in [0.3, 0.4) is 0 Å². The molecule has 0 aliphatic heterocycles. The highest BCUT2D eigenvalue weighted by molar-refractivity contribution is 7.89. The van der Waals surface area contributed by atoms with Crippen LogP contribution in [0.5, 0.6) is 5.75 Å². The zero-order valence-electron chi connectivity index (χ0n) is 15.0. The third-order valence-electron chi connectivity index (χ3n) is 3.79. The van der Waals surface area contributed by atoms with Crippen molar-refractivity contribution >= 4 is 15.9 Å². The minimum absolute atomic E-state index is 0.0948. The maximum Gasteiger partial charge on any atom is 0.257 e. The molecular formula is C16H27N3O4S. The van der Waals surface area contributed by atoms with Crippen LogP contribution in [0.25, 0.3) is 0 Å². The van der Waals surface area contributed by atoms with Crippen LogP contribution in [-0.2, 0) is 10.0 Å². The van der Waals surface area contributed by atoms with Gasteiger partial charge in [-0.05, 0) is 25.2 Å². The Balaban J connectivity index is 3.29. The minimum atomic E-state index is -3.63. The fourth-order valence-corrected chi connectivity index (χ4v) is 3.80. The molecule has 136 valence electrons. The lowest BCUT2D eigenvalue weighted by molar-refractivity contribution is 0.0793. The Morgan fingerprint density at radius 3 is 2.38 bits per heavy atom. The molecule has 8 heteroatoms. The van der Waals surface area contributed by atoms with E-state index in [0.717, 1.165) is 0 Å². The fourth-order valence-electron chi connectivity index (χ4n) is 2.31. The summed E-state index contributed by atoms with van der Waals surface area (Å²) in [7, 11) is 1.30. The van der Waals surface area contributed by atoms with Gasteiger partial charge in [-0.1, -0.05) is 13.8 Å². The Morgan fingerprint density at radius 1 is 1.25 bits per heavy atom. The number of amides is 1. The number of nitrogens with one attached hydrogen (secondary N) is 1. The lowest BCUT2D eigenvalue weighted by Gasteiger charge is -2.21. The molecular weight excluding hydrogens is 330 g/mol. The van der Waals surface area contributed by atoms with Gasteiger partial charge < -0.3 is 15.0 Å². The Bertz CT molecular complexity index is 657. The summed E-state index contributed by atoms with van der Waals surface area (Å²) < 4.78 is 31.9. The zero-order chi connectivity index (χ0) is 18.3. The Morgan fingerprint density at radius 2 is 1.88 bits per heavy atom. The molecule has 0 radical (unpaired) electrons. The smallest absolute Gasteiger partial charge is 0.257 e. The SMILES string of the molecule is CCN(CC)S(=O)(=O)c1ccc(OC)c(C(=O)N(C)CCNC)c1. The van der Waals surface area contributed by atoms with E-state index in [0.29, 0.717) is 31.9 Å². The number of rotatable bonds is 9. The number of methoxy groups -OCH3 is 1. The second kappa shape index (κ2) is 9.00. The number of carbonyl (C=O) groups excluding carboxylic acids is 1. The topological polar surface area (TPSA) is 79.0 Å². The number of hydrogen-bond acceptors (Lipinski definition) is 5. The van der Waals surface area contributed by atoms with E-state index in [9.17, 15) is 13.2 Å². The van der Waals surface area contributed by atoms with Crippen molar-refractivity contribution in [2.24, 2.45) is 0 Å². The molecule has 1 N–H and O–H groups in total. The van der Waals surface area contributed by atoms with E-state index in [1.54, 1.807) is 27.9 Å². The molecule has 1 aromatic rings. The van der Waals surface area contributed by atoms with Crippen molar-refractivity contribution in [1.82, 2.24) is 14.5 Å². The van der Waals surface area contributed by atoms with Crippen molar-refractivity contribution < 1.29 is 17.9 Å². The normalized spacial score (nSPS) is 11.6. The molecule has 0 spiro atoms. The van der Waals surface area contributed by atoms with Crippen LogP contribution in [0.2, 0.25) is 0 Å². The van der Waals surface area contributed by atoms with Gasteiger partial charge in [0.25, 0.3) is 5.91 Å². The average molecular weight is 357 g/mol. The number of likely N-dealkylation sites (N-methyl/N-ethyl adjacent to an activating group) is 2. The predicted octanol–water partition coefficient (Wildman–Crippen LogP) is 1.02. The molecule has 0 saturated heterocycles. The van der Waals surface area contributed by atoms with E-state index in [4.69, 9.17) is 4.74 Å². The second-order valence-electron chi connectivity index (χ2n) is 5.28. The number of sulfonamides is 1. The molecule has 1 amide bonds. The van der Waals surface area contributed by atoms with Crippen molar-refractivity contribution in [3.8, 4) is 5.75 Å². The monoisotopic (exact) mass is 357 g/mol. The summed E-state index contributed by atoms with van der Waals surface area (Å²) in [6, 6.07) is 4.39. The summed E-state index contributed by atoms with van der Waals surface area (Å²) in [5.74, 6) is 0.0773. The van der Waals surface area contributed by atoms with Crippen LogP contribution in [0.1, 0.15) is 24.2 Å². The van der Waals surface area contributed by atoms with Crippen molar-refractivity contribution in [3.63, 3.8) is 0 Å². The second-order valence-corrected chi connectivity index (χ2v) is 7.22. The van der Waals surface area contributed by atoms with Crippen molar-refractivity contribution in [2.75, 3.05) is 47.4 Å². The molecule has 24 heavy (non-hydrogen) atoms. The van der Waals surface area contributed by atoms with Gasteiger partial charge in [0.2, 0.25) is 10.0 Å². The number of ether oxygens (including phenoxy) is 1. The molecule has 0 atom stereocenters. The Labute approximate surface area is 144 Å². The first-order valence-electron chi connectivity index (χ1n) is 7.91.